The summed E-state index contributed by atoms with van der Waals surface area (Å²) in [6.45, 7) is 7.61. The molecule has 0 fully saturated rings. The zero-order valence-corrected chi connectivity index (χ0v) is 12.2. The highest BCUT2D eigenvalue weighted by Gasteiger charge is 2.14. The van der Waals surface area contributed by atoms with Gasteiger partial charge in [0.15, 0.2) is 0 Å². The molecule has 0 bridgehead atoms. The van der Waals surface area contributed by atoms with Gasteiger partial charge in [0, 0.05) is 4.88 Å². The van der Waals surface area contributed by atoms with Gasteiger partial charge in [0.05, 0.1) is 6.04 Å². The topological polar surface area (TPSA) is 12.0 Å². The molecule has 1 unspecified atom stereocenters. The first-order valence-corrected chi connectivity index (χ1v) is 7.44. The molecule has 1 atom stereocenters. The summed E-state index contributed by atoms with van der Waals surface area (Å²) < 4.78 is 0. The summed E-state index contributed by atoms with van der Waals surface area (Å²) in [5.74, 6) is 0. The number of benzene rings is 1. The Kier molecular flexibility index (Phi) is 4.56. The molecule has 0 saturated carbocycles. The van der Waals surface area contributed by atoms with Crippen LogP contribution in [-0.4, -0.2) is 6.54 Å². The van der Waals surface area contributed by atoms with Crippen molar-refractivity contribution in [3.63, 3.8) is 0 Å². The lowest BCUT2D eigenvalue weighted by atomic mass is 10.00. The lowest BCUT2D eigenvalue weighted by Gasteiger charge is -2.18. The van der Waals surface area contributed by atoms with Crippen LogP contribution >= 0.6 is 11.3 Å². The van der Waals surface area contributed by atoms with Crippen molar-refractivity contribution in [1.82, 2.24) is 5.32 Å². The second kappa shape index (κ2) is 6.17. The largest absolute Gasteiger partial charge is 0.306 e. The fourth-order valence-corrected chi connectivity index (χ4v) is 2.90. The molecule has 18 heavy (non-hydrogen) atoms. The Bertz CT molecular complexity index is 488. The van der Waals surface area contributed by atoms with Crippen LogP contribution in [0.2, 0.25) is 0 Å². The molecule has 96 valence electrons. The Hall–Kier alpha value is -1.12. The van der Waals surface area contributed by atoms with E-state index >= 15 is 0 Å². The van der Waals surface area contributed by atoms with Crippen molar-refractivity contribution in [2.45, 2.75) is 33.2 Å². The first kappa shape index (κ1) is 13.3. The fraction of sp³-hybridized carbons (Fsp3) is 0.375. The lowest BCUT2D eigenvalue weighted by Crippen LogP contribution is -2.22. The van der Waals surface area contributed by atoms with Crippen molar-refractivity contribution >= 4 is 11.3 Å². The highest BCUT2D eigenvalue weighted by Crippen LogP contribution is 2.27. The normalized spacial score (nSPS) is 12.6. The van der Waals surface area contributed by atoms with Gasteiger partial charge in [-0.05, 0) is 54.9 Å². The molecule has 1 aromatic carbocycles. The molecule has 2 heteroatoms. The molecule has 2 rings (SSSR count). The van der Waals surface area contributed by atoms with E-state index in [-0.39, 0.29) is 0 Å². The van der Waals surface area contributed by atoms with Crippen molar-refractivity contribution in [2.75, 3.05) is 6.54 Å². The Morgan fingerprint density at radius 1 is 1.17 bits per heavy atom. The second-order valence-electron chi connectivity index (χ2n) is 4.75. The minimum absolute atomic E-state index is 0.337. The van der Waals surface area contributed by atoms with Gasteiger partial charge >= 0.3 is 0 Å². The molecule has 0 saturated heterocycles. The zero-order valence-electron chi connectivity index (χ0n) is 11.4. The third-order valence-electron chi connectivity index (χ3n) is 3.29. The highest BCUT2D eigenvalue weighted by molar-refractivity contribution is 7.10. The summed E-state index contributed by atoms with van der Waals surface area (Å²) in [4.78, 5) is 1.40. The summed E-state index contributed by atoms with van der Waals surface area (Å²) in [5, 5.41) is 5.80. The maximum Gasteiger partial charge on any atom is 0.0671 e. The van der Waals surface area contributed by atoms with Crippen LogP contribution in [-0.2, 0) is 0 Å². The van der Waals surface area contributed by atoms with Crippen LogP contribution in [0.15, 0.2) is 35.7 Å². The minimum Gasteiger partial charge on any atom is -0.306 e. The number of rotatable bonds is 5. The van der Waals surface area contributed by atoms with Crippen LogP contribution in [0.1, 0.15) is 41.0 Å². The van der Waals surface area contributed by atoms with Crippen molar-refractivity contribution in [2.24, 2.45) is 0 Å². The summed E-state index contributed by atoms with van der Waals surface area (Å²) >= 11 is 1.82. The van der Waals surface area contributed by atoms with E-state index in [2.05, 4.69) is 61.8 Å². The van der Waals surface area contributed by atoms with Gasteiger partial charge in [0.2, 0.25) is 0 Å². The Labute approximate surface area is 114 Å². The van der Waals surface area contributed by atoms with Crippen LogP contribution in [0, 0.1) is 13.8 Å². The van der Waals surface area contributed by atoms with E-state index in [1.165, 1.54) is 21.6 Å². The van der Waals surface area contributed by atoms with Crippen LogP contribution in [0.25, 0.3) is 0 Å². The number of thiophene rings is 1. The molecule has 0 radical (unpaired) electrons. The van der Waals surface area contributed by atoms with E-state index in [1.807, 2.05) is 11.3 Å². The number of nitrogens with one attached hydrogen (secondary N) is 1. The summed E-state index contributed by atoms with van der Waals surface area (Å²) in [5.41, 5.74) is 4.10. The molecular formula is C16H21NS. The molecule has 1 N–H and O–H groups in total. The Morgan fingerprint density at radius 3 is 2.61 bits per heavy atom. The van der Waals surface area contributed by atoms with Gasteiger partial charge in [-0.25, -0.2) is 0 Å². The molecule has 2 aromatic rings. The van der Waals surface area contributed by atoms with Crippen LogP contribution < -0.4 is 5.32 Å². The van der Waals surface area contributed by atoms with Gasteiger partial charge in [-0.2, -0.15) is 0 Å². The van der Waals surface area contributed by atoms with Crippen molar-refractivity contribution in [3.8, 4) is 0 Å². The standard InChI is InChI=1S/C16H21NS/c1-4-9-17-16(15-6-5-10-18-15)14-8-7-12(2)13(3)11-14/h5-8,10-11,16-17H,4,9H2,1-3H3. The Morgan fingerprint density at radius 2 is 2.00 bits per heavy atom. The third-order valence-corrected chi connectivity index (χ3v) is 4.23. The van der Waals surface area contributed by atoms with Crippen molar-refractivity contribution in [1.29, 1.82) is 0 Å². The average Bonchev–Trinajstić information content (AvgIpc) is 2.88. The highest BCUT2D eigenvalue weighted by atomic mass is 32.1. The first-order valence-electron chi connectivity index (χ1n) is 6.56. The van der Waals surface area contributed by atoms with E-state index in [1.54, 1.807) is 0 Å². The van der Waals surface area contributed by atoms with Gasteiger partial charge in [-0.15, -0.1) is 11.3 Å². The number of hydrogen-bond donors (Lipinski definition) is 1. The van der Waals surface area contributed by atoms with E-state index in [9.17, 15) is 0 Å². The van der Waals surface area contributed by atoms with Crippen molar-refractivity contribution < 1.29 is 0 Å². The number of hydrogen-bond acceptors (Lipinski definition) is 2. The number of aryl methyl sites for hydroxylation is 2. The fourth-order valence-electron chi connectivity index (χ4n) is 2.07. The predicted octanol–water partition coefficient (Wildman–Crippen LogP) is 4.45. The first-order chi connectivity index (χ1) is 8.72. The van der Waals surface area contributed by atoms with Crippen LogP contribution in [0.5, 0.6) is 0 Å². The van der Waals surface area contributed by atoms with Gasteiger partial charge < -0.3 is 5.32 Å². The molecule has 0 aliphatic rings. The van der Waals surface area contributed by atoms with E-state index < -0.39 is 0 Å². The Balaban J connectivity index is 2.30. The molecule has 0 aliphatic heterocycles. The van der Waals surface area contributed by atoms with Gasteiger partial charge in [0.1, 0.15) is 0 Å². The molecule has 1 nitrogen and oxygen atoms in total. The van der Waals surface area contributed by atoms with E-state index in [4.69, 9.17) is 0 Å². The lowest BCUT2D eigenvalue weighted by molar-refractivity contribution is 0.605. The zero-order chi connectivity index (χ0) is 13.0. The minimum atomic E-state index is 0.337. The predicted molar refractivity (Wildman–Crippen MR) is 80.4 cm³/mol. The van der Waals surface area contributed by atoms with Gasteiger partial charge in [-0.1, -0.05) is 31.2 Å². The van der Waals surface area contributed by atoms with E-state index in [0.29, 0.717) is 6.04 Å². The molecule has 0 spiro atoms. The summed E-state index contributed by atoms with van der Waals surface area (Å²) in [7, 11) is 0. The monoisotopic (exact) mass is 259 g/mol. The molecule has 1 aromatic heterocycles. The summed E-state index contributed by atoms with van der Waals surface area (Å²) in [6.07, 6.45) is 1.16. The molecular weight excluding hydrogens is 238 g/mol. The maximum atomic E-state index is 3.65. The van der Waals surface area contributed by atoms with E-state index in [0.717, 1.165) is 13.0 Å². The third kappa shape index (κ3) is 3.01. The van der Waals surface area contributed by atoms with Gasteiger partial charge in [0.25, 0.3) is 0 Å². The average molecular weight is 259 g/mol. The molecule has 1 heterocycles. The molecule has 0 amide bonds. The maximum absolute atomic E-state index is 3.65. The molecule has 0 aliphatic carbocycles. The second-order valence-corrected chi connectivity index (χ2v) is 5.73. The quantitative estimate of drug-likeness (QED) is 0.836. The van der Waals surface area contributed by atoms with Crippen LogP contribution in [0.3, 0.4) is 0 Å². The summed E-state index contributed by atoms with van der Waals surface area (Å²) in [6, 6.07) is 11.5. The van der Waals surface area contributed by atoms with Crippen LogP contribution in [0.4, 0.5) is 0 Å². The van der Waals surface area contributed by atoms with Crippen molar-refractivity contribution in [3.05, 3.63) is 57.3 Å². The van der Waals surface area contributed by atoms with Gasteiger partial charge in [-0.3, -0.25) is 0 Å². The SMILES string of the molecule is CCCNC(c1ccc(C)c(C)c1)c1cccs1. The smallest absolute Gasteiger partial charge is 0.0671 e.